The molecule has 1 aromatic heterocycles. The maximum Gasteiger partial charge on any atom is 0.257 e. The number of halogens is 1. The number of rotatable bonds is 2. The largest absolute Gasteiger partial charge is 0.487 e. The highest BCUT2D eigenvalue weighted by Crippen LogP contribution is 2.26. The van der Waals surface area contributed by atoms with Gasteiger partial charge in [-0.25, -0.2) is 0 Å². The summed E-state index contributed by atoms with van der Waals surface area (Å²) < 4.78 is 4.86. The molecule has 0 fully saturated rings. The van der Waals surface area contributed by atoms with Gasteiger partial charge in [0.2, 0.25) is 0 Å². The highest BCUT2D eigenvalue weighted by Gasteiger charge is 2.09. The molecule has 0 amide bonds. The fraction of sp³-hybridized carbons (Fsp3) is 0.167. The van der Waals surface area contributed by atoms with E-state index in [-0.39, 0.29) is 0 Å². The summed E-state index contributed by atoms with van der Waals surface area (Å²) >= 11 is 6.57. The van der Waals surface area contributed by atoms with Crippen LogP contribution >= 0.6 is 22.9 Å². The van der Waals surface area contributed by atoms with Crippen LogP contribution in [0, 0.1) is 0 Å². The molecule has 4 heteroatoms. The first-order chi connectivity index (χ1) is 4.75. The smallest absolute Gasteiger partial charge is 0.257 e. The van der Waals surface area contributed by atoms with E-state index < -0.39 is 5.24 Å². The standard InChI is InChI=1S/C6H5ClO2S/c1-9-6-4(5(7)8)2-3-10-6/h2-3H,1H3. The lowest BCUT2D eigenvalue weighted by molar-refractivity contribution is 0.107. The summed E-state index contributed by atoms with van der Waals surface area (Å²) in [4.78, 5) is 10.6. The van der Waals surface area contributed by atoms with Crippen LogP contribution in [-0.2, 0) is 0 Å². The summed E-state index contributed by atoms with van der Waals surface area (Å²) in [6.07, 6.45) is 0. The second kappa shape index (κ2) is 3.03. The molecular weight excluding hydrogens is 172 g/mol. The molecule has 0 radical (unpaired) electrons. The molecule has 0 aliphatic rings. The van der Waals surface area contributed by atoms with Crippen molar-refractivity contribution in [1.29, 1.82) is 0 Å². The van der Waals surface area contributed by atoms with E-state index >= 15 is 0 Å². The Balaban J connectivity index is 3.01. The Hall–Kier alpha value is -0.540. The molecule has 10 heavy (non-hydrogen) atoms. The van der Waals surface area contributed by atoms with Gasteiger partial charge in [0.05, 0.1) is 12.7 Å². The van der Waals surface area contributed by atoms with Gasteiger partial charge in [-0.1, -0.05) is 0 Å². The fourth-order valence-electron chi connectivity index (χ4n) is 0.599. The van der Waals surface area contributed by atoms with Gasteiger partial charge in [-0.3, -0.25) is 4.79 Å². The predicted molar refractivity (Wildman–Crippen MR) is 41.1 cm³/mol. The van der Waals surface area contributed by atoms with E-state index in [1.807, 2.05) is 0 Å². The minimum Gasteiger partial charge on any atom is -0.487 e. The van der Waals surface area contributed by atoms with E-state index in [1.165, 1.54) is 18.4 Å². The van der Waals surface area contributed by atoms with Crippen LogP contribution in [0.1, 0.15) is 10.4 Å². The second-order valence-electron chi connectivity index (χ2n) is 1.60. The van der Waals surface area contributed by atoms with Crippen molar-refractivity contribution < 1.29 is 9.53 Å². The van der Waals surface area contributed by atoms with E-state index in [2.05, 4.69) is 0 Å². The first-order valence-corrected chi connectivity index (χ1v) is 3.82. The van der Waals surface area contributed by atoms with Crippen molar-refractivity contribution in [2.24, 2.45) is 0 Å². The molecule has 0 aliphatic heterocycles. The molecule has 54 valence electrons. The van der Waals surface area contributed by atoms with Crippen molar-refractivity contribution in [2.45, 2.75) is 0 Å². The van der Waals surface area contributed by atoms with Crippen LogP contribution < -0.4 is 4.74 Å². The number of hydrogen-bond donors (Lipinski definition) is 0. The zero-order valence-electron chi connectivity index (χ0n) is 5.26. The quantitative estimate of drug-likeness (QED) is 0.646. The lowest BCUT2D eigenvalue weighted by Crippen LogP contribution is -1.89. The van der Waals surface area contributed by atoms with Crippen molar-refractivity contribution in [1.82, 2.24) is 0 Å². The van der Waals surface area contributed by atoms with E-state index in [1.54, 1.807) is 11.4 Å². The molecule has 0 atom stereocenters. The molecular formula is C6H5ClO2S. The Morgan fingerprint density at radius 2 is 2.50 bits per heavy atom. The van der Waals surface area contributed by atoms with Gasteiger partial charge in [-0.05, 0) is 23.0 Å². The van der Waals surface area contributed by atoms with Gasteiger partial charge in [0.25, 0.3) is 5.24 Å². The number of ether oxygens (including phenoxy) is 1. The third-order valence-corrected chi connectivity index (χ3v) is 2.10. The minimum atomic E-state index is -0.474. The molecule has 1 rings (SSSR count). The third-order valence-electron chi connectivity index (χ3n) is 1.03. The summed E-state index contributed by atoms with van der Waals surface area (Å²) in [5.74, 6) is 0. The molecule has 1 heterocycles. The zero-order chi connectivity index (χ0) is 7.56. The SMILES string of the molecule is COc1sccc1C(=O)Cl. The van der Waals surface area contributed by atoms with Gasteiger partial charge in [0, 0.05) is 0 Å². The molecule has 0 aliphatic carbocycles. The number of carbonyl (C=O) groups excluding carboxylic acids is 1. The van der Waals surface area contributed by atoms with E-state index in [0.29, 0.717) is 10.6 Å². The third kappa shape index (κ3) is 1.30. The summed E-state index contributed by atoms with van der Waals surface area (Å²) in [6, 6.07) is 1.64. The summed E-state index contributed by atoms with van der Waals surface area (Å²) in [6.45, 7) is 0. The Bertz CT molecular complexity index is 244. The van der Waals surface area contributed by atoms with Gasteiger partial charge >= 0.3 is 0 Å². The van der Waals surface area contributed by atoms with Crippen LogP contribution in [0.5, 0.6) is 5.06 Å². The van der Waals surface area contributed by atoms with E-state index in [9.17, 15) is 4.79 Å². The van der Waals surface area contributed by atoms with Gasteiger partial charge in [0.15, 0.2) is 5.06 Å². The highest BCUT2D eigenvalue weighted by atomic mass is 35.5. The summed E-state index contributed by atoms with van der Waals surface area (Å²) in [7, 11) is 1.51. The van der Waals surface area contributed by atoms with Gasteiger partial charge in [-0.15, -0.1) is 11.3 Å². The molecule has 1 aromatic rings. The topological polar surface area (TPSA) is 26.3 Å². The Morgan fingerprint density at radius 3 is 2.90 bits per heavy atom. The van der Waals surface area contributed by atoms with Crippen molar-refractivity contribution in [3.05, 3.63) is 17.0 Å². The first-order valence-electron chi connectivity index (χ1n) is 2.57. The molecule has 0 saturated heterocycles. The van der Waals surface area contributed by atoms with Gasteiger partial charge in [0.1, 0.15) is 0 Å². The number of thiophene rings is 1. The Kier molecular flexibility index (Phi) is 2.29. The maximum absolute atomic E-state index is 10.6. The summed E-state index contributed by atoms with van der Waals surface area (Å²) in [5, 5.41) is 1.85. The number of carbonyl (C=O) groups is 1. The minimum absolute atomic E-state index is 0.439. The average molecular weight is 177 g/mol. The van der Waals surface area contributed by atoms with Crippen LogP contribution in [0.4, 0.5) is 0 Å². The van der Waals surface area contributed by atoms with Crippen LogP contribution in [0.3, 0.4) is 0 Å². The molecule has 0 N–H and O–H groups in total. The van der Waals surface area contributed by atoms with Crippen molar-refractivity contribution in [2.75, 3.05) is 7.11 Å². The van der Waals surface area contributed by atoms with E-state index in [4.69, 9.17) is 16.3 Å². The normalized spacial score (nSPS) is 9.40. The second-order valence-corrected chi connectivity index (χ2v) is 2.82. The lowest BCUT2D eigenvalue weighted by atomic mass is 10.4. The van der Waals surface area contributed by atoms with Gasteiger partial charge < -0.3 is 4.74 Å². The van der Waals surface area contributed by atoms with E-state index in [0.717, 1.165) is 0 Å². The molecule has 0 saturated carbocycles. The zero-order valence-corrected chi connectivity index (χ0v) is 6.83. The summed E-state index contributed by atoms with van der Waals surface area (Å²) in [5.41, 5.74) is 0.439. The molecule has 2 nitrogen and oxygen atoms in total. The van der Waals surface area contributed by atoms with Crippen LogP contribution in [0.15, 0.2) is 11.4 Å². The molecule has 0 unspecified atom stereocenters. The van der Waals surface area contributed by atoms with Crippen molar-refractivity contribution in [3.63, 3.8) is 0 Å². The highest BCUT2D eigenvalue weighted by molar-refractivity contribution is 7.12. The molecule has 0 aromatic carbocycles. The maximum atomic E-state index is 10.6. The Morgan fingerprint density at radius 1 is 1.80 bits per heavy atom. The van der Waals surface area contributed by atoms with Crippen LogP contribution in [0.25, 0.3) is 0 Å². The number of methoxy groups -OCH3 is 1. The molecule has 0 spiro atoms. The predicted octanol–water partition coefficient (Wildman–Crippen LogP) is 2.14. The monoisotopic (exact) mass is 176 g/mol. The van der Waals surface area contributed by atoms with Crippen molar-refractivity contribution in [3.8, 4) is 5.06 Å². The first kappa shape index (κ1) is 7.57. The molecule has 0 bridgehead atoms. The van der Waals surface area contributed by atoms with Gasteiger partial charge in [-0.2, -0.15) is 0 Å². The number of hydrogen-bond acceptors (Lipinski definition) is 3. The van der Waals surface area contributed by atoms with Crippen molar-refractivity contribution >= 4 is 28.2 Å². The lowest BCUT2D eigenvalue weighted by Gasteiger charge is -1.94. The fourth-order valence-corrected chi connectivity index (χ4v) is 1.52. The Labute approximate surface area is 67.4 Å². The van der Waals surface area contributed by atoms with Crippen LogP contribution in [-0.4, -0.2) is 12.4 Å². The average Bonchev–Trinajstić information content (AvgIpc) is 2.33. The van der Waals surface area contributed by atoms with Crippen LogP contribution in [0.2, 0.25) is 0 Å².